The van der Waals surface area contributed by atoms with Gasteiger partial charge in [-0.2, -0.15) is 0 Å². The maximum atomic E-state index is 12.1. The van der Waals surface area contributed by atoms with Gasteiger partial charge in [0.15, 0.2) is 11.6 Å². The van der Waals surface area contributed by atoms with Gasteiger partial charge in [0.2, 0.25) is 0 Å². The van der Waals surface area contributed by atoms with Crippen LogP contribution in [0.25, 0.3) is 0 Å². The molecule has 1 fully saturated rings. The molecule has 3 rings (SSSR count). The maximum absolute atomic E-state index is 12.1. The minimum atomic E-state index is -3.58. The Balaban J connectivity index is 1.72. The number of ether oxygens (including phenoxy) is 1. The SMILES string of the molecule is O=S(=O)(Nc1ccc(N2CCOCC2)nn1)c1cccs1. The fraction of sp³-hybridized carbons (Fsp3) is 0.333. The van der Waals surface area contributed by atoms with Crippen LogP contribution in [0.1, 0.15) is 0 Å². The standard InChI is InChI=1S/C12H14N4O3S2/c17-21(18,12-2-1-9-20-12)15-10-3-4-11(14-13-10)16-5-7-19-8-6-16/h1-4,9H,5-8H2,(H,13,15). The number of hydrogen-bond donors (Lipinski definition) is 1. The van der Waals surface area contributed by atoms with Crippen LogP contribution in [0.15, 0.2) is 33.9 Å². The molecule has 0 amide bonds. The van der Waals surface area contributed by atoms with Gasteiger partial charge in [0, 0.05) is 13.1 Å². The summed E-state index contributed by atoms with van der Waals surface area (Å²) in [7, 11) is -3.58. The van der Waals surface area contributed by atoms with Crippen molar-refractivity contribution >= 4 is 33.0 Å². The second-order valence-electron chi connectivity index (χ2n) is 4.41. The third kappa shape index (κ3) is 3.31. The van der Waals surface area contributed by atoms with E-state index in [1.165, 1.54) is 0 Å². The predicted molar refractivity (Wildman–Crippen MR) is 80.2 cm³/mol. The summed E-state index contributed by atoms with van der Waals surface area (Å²) in [6, 6.07) is 6.60. The zero-order valence-corrected chi connectivity index (χ0v) is 12.7. The van der Waals surface area contributed by atoms with Gasteiger partial charge in [0.25, 0.3) is 10.0 Å². The highest BCUT2D eigenvalue weighted by molar-refractivity contribution is 7.94. The van der Waals surface area contributed by atoms with Gasteiger partial charge in [-0.3, -0.25) is 4.72 Å². The number of sulfonamides is 1. The van der Waals surface area contributed by atoms with E-state index in [-0.39, 0.29) is 10.0 Å². The van der Waals surface area contributed by atoms with Crippen LogP contribution < -0.4 is 9.62 Å². The summed E-state index contributed by atoms with van der Waals surface area (Å²) < 4.78 is 32.0. The fourth-order valence-electron chi connectivity index (χ4n) is 1.95. The van der Waals surface area contributed by atoms with Gasteiger partial charge < -0.3 is 9.64 Å². The minimum absolute atomic E-state index is 0.209. The molecule has 0 bridgehead atoms. The largest absolute Gasteiger partial charge is 0.378 e. The lowest BCUT2D eigenvalue weighted by Crippen LogP contribution is -2.36. The van der Waals surface area contributed by atoms with E-state index in [2.05, 4.69) is 14.9 Å². The van der Waals surface area contributed by atoms with Crippen molar-refractivity contribution in [3.63, 3.8) is 0 Å². The van der Waals surface area contributed by atoms with E-state index >= 15 is 0 Å². The lowest BCUT2D eigenvalue weighted by atomic mass is 10.4. The highest BCUT2D eigenvalue weighted by Gasteiger charge is 2.17. The smallest absolute Gasteiger partial charge is 0.272 e. The molecule has 0 radical (unpaired) electrons. The monoisotopic (exact) mass is 326 g/mol. The van der Waals surface area contributed by atoms with Gasteiger partial charge in [-0.1, -0.05) is 6.07 Å². The van der Waals surface area contributed by atoms with E-state index < -0.39 is 10.0 Å². The summed E-state index contributed by atoms with van der Waals surface area (Å²) in [5.41, 5.74) is 0. The summed E-state index contributed by atoms with van der Waals surface area (Å²) in [6.45, 7) is 2.84. The number of morpholine rings is 1. The van der Waals surface area contributed by atoms with E-state index in [0.29, 0.717) is 13.2 Å². The Morgan fingerprint density at radius 1 is 1.19 bits per heavy atom. The fourth-order valence-corrected chi connectivity index (χ4v) is 3.93. The lowest BCUT2D eigenvalue weighted by Gasteiger charge is -2.27. The zero-order valence-electron chi connectivity index (χ0n) is 11.1. The molecule has 0 atom stereocenters. The molecule has 3 heterocycles. The minimum Gasteiger partial charge on any atom is -0.378 e. The van der Waals surface area contributed by atoms with E-state index in [4.69, 9.17) is 4.74 Å². The Labute approximate surface area is 126 Å². The summed E-state index contributed by atoms with van der Waals surface area (Å²) in [4.78, 5) is 2.05. The van der Waals surface area contributed by atoms with E-state index in [1.807, 2.05) is 4.90 Å². The first kappa shape index (κ1) is 14.2. The van der Waals surface area contributed by atoms with Crippen LogP contribution in [0.2, 0.25) is 0 Å². The van der Waals surface area contributed by atoms with Crippen molar-refractivity contribution in [3.8, 4) is 0 Å². The molecule has 1 aliphatic heterocycles. The summed E-state index contributed by atoms with van der Waals surface area (Å²) in [5.74, 6) is 0.929. The molecule has 7 nitrogen and oxygen atoms in total. The van der Waals surface area contributed by atoms with E-state index in [9.17, 15) is 8.42 Å². The van der Waals surface area contributed by atoms with Crippen molar-refractivity contribution in [3.05, 3.63) is 29.6 Å². The van der Waals surface area contributed by atoms with Crippen LogP contribution in [0.5, 0.6) is 0 Å². The number of anilines is 2. The number of rotatable bonds is 4. The van der Waals surface area contributed by atoms with Crippen molar-refractivity contribution in [1.29, 1.82) is 0 Å². The summed E-state index contributed by atoms with van der Waals surface area (Å²) in [6.07, 6.45) is 0. The Bertz CT molecular complexity index is 680. The second kappa shape index (κ2) is 5.96. The van der Waals surface area contributed by atoms with Gasteiger partial charge in [0.05, 0.1) is 13.2 Å². The molecule has 1 saturated heterocycles. The Kier molecular flexibility index (Phi) is 4.04. The lowest BCUT2D eigenvalue weighted by molar-refractivity contribution is 0.122. The number of thiophene rings is 1. The van der Waals surface area contributed by atoms with E-state index in [0.717, 1.165) is 30.2 Å². The molecule has 0 aromatic carbocycles. The van der Waals surface area contributed by atoms with Crippen LogP contribution in [-0.2, 0) is 14.8 Å². The van der Waals surface area contributed by atoms with Gasteiger partial charge >= 0.3 is 0 Å². The molecule has 9 heteroatoms. The average Bonchev–Trinajstić information content (AvgIpc) is 3.04. The first-order valence-electron chi connectivity index (χ1n) is 6.38. The van der Waals surface area contributed by atoms with Crippen molar-refractivity contribution in [2.45, 2.75) is 4.21 Å². The summed E-state index contributed by atoms with van der Waals surface area (Å²) >= 11 is 1.15. The Hall–Kier alpha value is -1.71. The predicted octanol–water partition coefficient (Wildman–Crippen LogP) is 1.18. The Morgan fingerprint density at radius 2 is 2.00 bits per heavy atom. The number of nitrogens with one attached hydrogen (secondary N) is 1. The second-order valence-corrected chi connectivity index (χ2v) is 7.27. The number of hydrogen-bond acceptors (Lipinski definition) is 7. The molecule has 1 aliphatic rings. The van der Waals surface area contributed by atoms with Crippen LogP contribution >= 0.6 is 11.3 Å². The molecule has 0 saturated carbocycles. The maximum Gasteiger partial charge on any atom is 0.272 e. The third-order valence-electron chi connectivity index (χ3n) is 2.98. The molecular weight excluding hydrogens is 312 g/mol. The molecule has 1 N–H and O–H groups in total. The van der Waals surface area contributed by atoms with Crippen molar-refractivity contribution in [2.24, 2.45) is 0 Å². The molecule has 2 aromatic heterocycles. The quantitative estimate of drug-likeness (QED) is 0.908. The highest BCUT2D eigenvalue weighted by atomic mass is 32.2. The van der Waals surface area contributed by atoms with Crippen LogP contribution in [0.3, 0.4) is 0 Å². The van der Waals surface area contributed by atoms with Crippen LogP contribution in [-0.4, -0.2) is 44.9 Å². The number of nitrogens with zero attached hydrogens (tertiary/aromatic N) is 3. The topological polar surface area (TPSA) is 84.4 Å². The zero-order chi connectivity index (χ0) is 14.7. The molecule has 0 unspecified atom stereocenters. The van der Waals surface area contributed by atoms with Gasteiger partial charge in [-0.15, -0.1) is 21.5 Å². The van der Waals surface area contributed by atoms with Crippen molar-refractivity contribution in [2.75, 3.05) is 35.9 Å². The molecule has 0 spiro atoms. The first-order valence-corrected chi connectivity index (χ1v) is 8.74. The van der Waals surface area contributed by atoms with E-state index in [1.54, 1.807) is 29.6 Å². The van der Waals surface area contributed by atoms with Crippen molar-refractivity contribution < 1.29 is 13.2 Å². The van der Waals surface area contributed by atoms with Gasteiger partial charge in [-0.25, -0.2) is 8.42 Å². The molecule has 112 valence electrons. The van der Waals surface area contributed by atoms with Crippen molar-refractivity contribution in [1.82, 2.24) is 10.2 Å². The first-order chi connectivity index (χ1) is 10.1. The normalized spacial score (nSPS) is 15.9. The Morgan fingerprint density at radius 3 is 2.62 bits per heavy atom. The molecule has 21 heavy (non-hydrogen) atoms. The molecule has 2 aromatic rings. The van der Waals surface area contributed by atoms with Crippen LogP contribution in [0.4, 0.5) is 11.6 Å². The molecular formula is C12H14N4O3S2. The third-order valence-corrected chi connectivity index (χ3v) is 5.74. The average molecular weight is 326 g/mol. The van der Waals surface area contributed by atoms with Gasteiger partial charge in [0.1, 0.15) is 4.21 Å². The summed E-state index contributed by atoms with van der Waals surface area (Å²) in [5, 5.41) is 9.71. The number of aromatic nitrogens is 2. The highest BCUT2D eigenvalue weighted by Crippen LogP contribution is 2.20. The molecule has 0 aliphatic carbocycles. The van der Waals surface area contributed by atoms with Gasteiger partial charge in [-0.05, 0) is 23.6 Å². The van der Waals surface area contributed by atoms with Crippen LogP contribution in [0, 0.1) is 0 Å².